The lowest BCUT2D eigenvalue weighted by atomic mass is 10.4. The van der Waals surface area contributed by atoms with Crippen molar-refractivity contribution in [2.45, 2.75) is 27.7 Å². The van der Waals surface area contributed by atoms with Crippen molar-refractivity contribution >= 4 is 61.5 Å². The molecule has 104 valence electrons. The summed E-state index contributed by atoms with van der Waals surface area (Å²) < 4.78 is 6.73. The lowest BCUT2D eigenvalue weighted by Gasteiger charge is -2.17. The quantitative estimate of drug-likeness (QED) is 0.462. The van der Waals surface area contributed by atoms with Gasteiger partial charge in [-0.1, -0.05) is 34.5 Å². The molecule has 0 fully saturated rings. The number of aromatic nitrogens is 2. The maximum Gasteiger partial charge on any atom is 0.255 e. The van der Waals surface area contributed by atoms with Crippen molar-refractivity contribution in [2.75, 3.05) is 0 Å². The Hall–Kier alpha value is 0.260. The van der Waals surface area contributed by atoms with Crippen LogP contribution < -0.4 is 18.6 Å². The molecule has 19 heavy (non-hydrogen) atoms. The highest BCUT2D eigenvalue weighted by Gasteiger charge is 2.32. The topological polar surface area (TPSA) is 7.76 Å². The standard InChI is InChI=1S/C12H18N2PS4/c1-7-9(3)18-11(13(7)5)15(16,17)12-14(6)8(2)10(4)19-12/h1-6H3/q+1. The Kier molecular flexibility index (Phi) is 4.30. The molecule has 2 rings (SSSR count). The van der Waals surface area contributed by atoms with Crippen molar-refractivity contribution < 1.29 is 9.13 Å². The van der Waals surface area contributed by atoms with E-state index in [-0.39, 0.29) is 0 Å². The van der Waals surface area contributed by atoms with Gasteiger partial charge in [0.05, 0.1) is 9.75 Å². The van der Waals surface area contributed by atoms with E-state index < -0.39 is 5.24 Å². The van der Waals surface area contributed by atoms with E-state index >= 15 is 0 Å². The van der Waals surface area contributed by atoms with Crippen molar-refractivity contribution in [3.8, 4) is 0 Å². The minimum absolute atomic E-state index is 1.17. The average molecular weight is 350 g/mol. The van der Waals surface area contributed by atoms with Gasteiger partial charge in [-0.3, -0.25) is 0 Å². The molecular formula is C12H18N2PS4+. The monoisotopic (exact) mass is 349 g/mol. The molecule has 2 aromatic heterocycles. The highest BCUT2D eigenvalue weighted by molar-refractivity contribution is 8.61. The molecule has 0 saturated heterocycles. The zero-order valence-electron chi connectivity index (χ0n) is 12.0. The highest BCUT2D eigenvalue weighted by Crippen LogP contribution is 2.42. The number of thiazole rings is 2. The first-order valence-electron chi connectivity index (χ1n) is 5.92. The minimum Gasteiger partial charge on any atom is -0.724 e. The molecule has 0 unspecified atom stereocenters. The zero-order valence-corrected chi connectivity index (χ0v) is 16.1. The molecule has 0 amide bonds. The normalized spacial score (nSPS) is 12.2. The number of hydrogen-bond donors (Lipinski definition) is 0. The molecule has 0 bridgehead atoms. The van der Waals surface area contributed by atoms with E-state index in [0.717, 1.165) is 0 Å². The third-order valence-corrected chi connectivity index (χ3v) is 13.0. The first kappa shape index (κ1) is 15.6. The molecule has 2 nitrogen and oxygen atoms in total. The van der Waals surface area contributed by atoms with Crippen LogP contribution in [0.4, 0.5) is 0 Å². The summed E-state index contributed by atoms with van der Waals surface area (Å²) in [6.07, 6.45) is 0. The molecule has 7 heteroatoms. The summed E-state index contributed by atoms with van der Waals surface area (Å²) in [5.41, 5.74) is 2.54. The Morgan fingerprint density at radius 3 is 1.42 bits per heavy atom. The molecular weight excluding hydrogens is 331 g/mol. The Bertz CT molecular complexity index is 643. The number of rotatable bonds is 2. The summed E-state index contributed by atoms with van der Waals surface area (Å²) in [4.78, 5) is 2.62. The zero-order chi connectivity index (χ0) is 14.5. The summed E-state index contributed by atoms with van der Waals surface area (Å²) in [7, 11) is 4.16. The van der Waals surface area contributed by atoms with Gasteiger partial charge >= 0.3 is 0 Å². The van der Waals surface area contributed by atoms with Gasteiger partial charge in [-0.25, -0.2) is 0 Å². The summed E-state index contributed by atoms with van der Waals surface area (Å²) in [5.74, 6) is 0. The summed E-state index contributed by atoms with van der Waals surface area (Å²) >= 11 is 15.3. The third-order valence-electron chi connectivity index (χ3n) is 3.59. The van der Waals surface area contributed by atoms with Crippen LogP contribution in [0, 0.1) is 27.7 Å². The van der Waals surface area contributed by atoms with Gasteiger partial charge in [0.25, 0.3) is 9.50 Å². The second-order valence-electron chi connectivity index (χ2n) is 4.72. The Morgan fingerprint density at radius 1 is 0.895 bits per heavy atom. The molecule has 0 N–H and O–H groups in total. The van der Waals surface area contributed by atoms with Crippen LogP contribution in [0.2, 0.25) is 0 Å². The molecule has 2 aromatic rings. The first-order valence-corrected chi connectivity index (χ1v) is 11.4. The van der Waals surface area contributed by atoms with Crippen LogP contribution in [0.25, 0.3) is 0 Å². The van der Waals surface area contributed by atoms with Crippen LogP contribution >= 0.6 is 27.9 Å². The van der Waals surface area contributed by atoms with E-state index in [1.165, 1.54) is 30.6 Å². The lowest BCUT2D eigenvalue weighted by molar-refractivity contribution is -0.659. The molecule has 2 heterocycles. The Balaban J connectivity index is 2.68. The summed E-state index contributed by atoms with van der Waals surface area (Å²) in [5, 5.41) is -2.11. The van der Waals surface area contributed by atoms with E-state index in [1.54, 1.807) is 22.7 Å². The van der Waals surface area contributed by atoms with Crippen LogP contribution in [-0.4, -0.2) is 0 Å². The fourth-order valence-electron chi connectivity index (χ4n) is 1.91. The average Bonchev–Trinajstić information content (AvgIpc) is 2.75. The molecule has 0 aliphatic carbocycles. The van der Waals surface area contributed by atoms with E-state index in [0.29, 0.717) is 0 Å². The number of nitrogens with zero attached hydrogens (tertiary/aromatic N) is 2. The largest absolute Gasteiger partial charge is 0.724 e. The van der Waals surface area contributed by atoms with Crippen LogP contribution in [0.15, 0.2) is 0 Å². The van der Waals surface area contributed by atoms with Crippen molar-refractivity contribution in [1.82, 2.24) is 0 Å². The van der Waals surface area contributed by atoms with Gasteiger partial charge in [-0.15, -0.1) is 0 Å². The van der Waals surface area contributed by atoms with E-state index in [2.05, 4.69) is 50.9 Å². The van der Waals surface area contributed by atoms with Crippen molar-refractivity contribution in [3.05, 3.63) is 21.1 Å². The van der Waals surface area contributed by atoms with Gasteiger partial charge < -0.3 is 12.2 Å². The predicted octanol–water partition coefficient (Wildman–Crippen LogP) is 1.58. The maximum atomic E-state index is 5.90. The van der Waals surface area contributed by atoms with Gasteiger partial charge in [0.15, 0.2) is 11.4 Å². The third kappa shape index (κ3) is 2.46. The van der Waals surface area contributed by atoms with Crippen molar-refractivity contribution in [3.63, 3.8) is 0 Å². The smallest absolute Gasteiger partial charge is 0.255 e. The van der Waals surface area contributed by atoms with Crippen molar-refractivity contribution in [2.24, 2.45) is 14.1 Å². The number of hydrogen-bond acceptors (Lipinski definition) is 4. The van der Waals surface area contributed by atoms with Crippen LogP contribution in [0.3, 0.4) is 0 Å². The van der Waals surface area contributed by atoms with Gasteiger partial charge in [-0.2, -0.15) is 9.13 Å². The second-order valence-corrected chi connectivity index (χ2v) is 13.7. The van der Waals surface area contributed by atoms with E-state index in [9.17, 15) is 0 Å². The van der Waals surface area contributed by atoms with Gasteiger partial charge in [0, 0.05) is 19.1 Å². The molecule has 0 aromatic carbocycles. The van der Waals surface area contributed by atoms with Gasteiger partial charge in [-0.05, 0) is 13.8 Å². The minimum atomic E-state index is -2.11. The molecule has 0 aliphatic rings. The Morgan fingerprint density at radius 2 is 1.21 bits per heavy atom. The van der Waals surface area contributed by atoms with Crippen LogP contribution in [0.5, 0.6) is 0 Å². The molecule has 0 aliphatic heterocycles. The van der Waals surface area contributed by atoms with E-state index in [4.69, 9.17) is 24.1 Å². The molecule has 0 saturated carbocycles. The van der Waals surface area contributed by atoms with Gasteiger partial charge in [0.2, 0.25) is 0 Å². The fourth-order valence-corrected chi connectivity index (χ4v) is 10.1. The highest BCUT2D eigenvalue weighted by atomic mass is 32.9. The van der Waals surface area contributed by atoms with E-state index in [1.807, 2.05) is 0 Å². The number of aryl methyl sites for hydroxylation is 2. The van der Waals surface area contributed by atoms with Gasteiger partial charge in [0.1, 0.15) is 14.1 Å². The molecule has 0 atom stereocenters. The molecule has 0 radical (unpaired) electrons. The molecule has 0 spiro atoms. The summed E-state index contributed by atoms with van der Waals surface area (Å²) in [6.45, 7) is 8.54. The Labute approximate surface area is 133 Å². The van der Waals surface area contributed by atoms with Crippen LogP contribution in [0.1, 0.15) is 21.1 Å². The summed E-state index contributed by atoms with van der Waals surface area (Å²) in [6, 6.07) is 0. The van der Waals surface area contributed by atoms with Crippen LogP contribution in [-0.2, 0) is 38.2 Å². The second kappa shape index (κ2) is 5.23. The predicted molar refractivity (Wildman–Crippen MR) is 90.9 cm³/mol. The lowest BCUT2D eigenvalue weighted by Crippen LogP contribution is -2.50. The maximum absolute atomic E-state index is 5.90. The SMILES string of the molecule is Cc1sc(P(=S)([S-])c2sc(C)c(C)[n+]2C)[n+](C)c1C. The first-order chi connectivity index (χ1) is 8.67. The van der Waals surface area contributed by atoms with Crippen molar-refractivity contribution in [1.29, 1.82) is 0 Å². The fraction of sp³-hybridized carbons (Fsp3) is 0.500.